The first-order valence-corrected chi connectivity index (χ1v) is 8.98. The Morgan fingerprint density at radius 2 is 1.96 bits per heavy atom. The lowest BCUT2D eigenvalue weighted by Crippen LogP contribution is -2.35. The van der Waals surface area contributed by atoms with Crippen LogP contribution in [0.5, 0.6) is 0 Å². The van der Waals surface area contributed by atoms with Gasteiger partial charge in [0.15, 0.2) is 5.11 Å². The maximum atomic E-state index is 12.2. The van der Waals surface area contributed by atoms with Crippen molar-refractivity contribution in [3.8, 4) is 0 Å². The van der Waals surface area contributed by atoms with Gasteiger partial charge in [0, 0.05) is 20.1 Å². The lowest BCUT2D eigenvalue weighted by Gasteiger charge is -2.14. The molecule has 25 heavy (non-hydrogen) atoms. The number of rotatable bonds is 7. The summed E-state index contributed by atoms with van der Waals surface area (Å²) in [5.74, 6) is 0.160. The Kier molecular flexibility index (Phi) is 7.81. The van der Waals surface area contributed by atoms with Crippen LogP contribution in [0.25, 0.3) is 0 Å². The Bertz CT molecular complexity index is 615. The zero-order valence-corrected chi connectivity index (χ0v) is 15.3. The van der Waals surface area contributed by atoms with Crippen LogP contribution in [0.1, 0.15) is 42.5 Å². The van der Waals surface area contributed by atoms with Crippen molar-refractivity contribution in [2.24, 2.45) is 5.92 Å². The van der Waals surface area contributed by atoms with Gasteiger partial charge in [-0.2, -0.15) is 0 Å². The van der Waals surface area contributed by atoms with Crippen molar-refractivity contribution in [3.05, 3.63) is 29.8 Å². The first kappa shape index (κ1) is 19.3. The number of ether oxygens (including phenoxy) is 1. The maximum Gasteiger partial charge on any atom is 0.253 e. The van der Waals surface area contributed by atoms with E-state index in [0.29, 0.717) is 36.7 Å². The number of benzene rings is 1. The molecule has 0 spiro atoms. The Balaban J connectivity index is 1.89. The minimum atomic E-state index is -0.222. The van der Waals surface area contributed by atoms with Crippen LogP contribution in [0, 0.1) is 5.92 Å². The van der Waals surface area contributed by atoms with Crippen molar-refractivity contribution in [1.29, 1.82) is 0 Å². The maximum absolute atomic E-state index is 12.2. The third-order valence-corrected chi connectivity index (χ3v) is 4.42. The van der Waals surface area contributed by atoms with Gasteiger partial charge in [-0.3, -0.25) is 9.59 Å². The van der Waals surface area contributed by atoms with E-state index < -0.39 is 0 Å². The number of nitrogens with one attached hydrogen (secondary N) is 3. The number of thiocarbonyl (C=S) groups is 1. The molecule has 6 nitrogen and oxygen atoms in total. The molecule has 2 amide bonds. The average molecular weight is 363 g/mol. The van der Waals surface area contributed by atoms with Gasteiger partial charge in [0.1, 0.15) is 0 Å². The molecule has 1 fully saturated rings. The van der Waals surface area contributed by atoms with Crippen molar-refractivity contribution >= 4 is 34.8 Å². The number of methoxy groups -OCH3 is 1. The average Bonchev–Trinajstić information content (AvgIpc) is 3.08. The molecule has 0 bridgehead atoms. The Morgan fingerprint density at radius 3 is 2.68 bits per heavy atom. The number of hydrogen-bond acceptors (Lipinski definition) is 4. The quantitative estimate of drug-likeness (QED) is 0.512. The molecule has 0 heterocycles. The predicted octanol–water partition coefficient (Wildman–Crippen LogP) is 2.46. The van der Waals surface area contributed by atoms with E-state index in [1.807, 2.05) is 0 Å². The van der Waals surface area contributed by atoms with Crippen molar-refractivity contribution in [2.75, 3.05) is 25.6 Å². The minimum Gasteiger partial charge on any atom is -0.383 e. The third-order valence-electron chi connectivity index (χ3n) is 4.21. The topological polar surface area (TPSA) is 79.5 Å². The molecule has 0 aliphatic heterocycles. The predicted molar refractivity (Wildman–Crippen MR) is 102 cm³/mol. The van der Waals surface area contributed by atoms with Crippen LogP contribution in [0.4, 0.5) is 5.69 Å². The second-order valence-corrected chi connectivity index (χ2v) is 6.56. The third kappa shape index (κ3) is 6.43. The molecule has 1 saturated carbocycles. The molecule has 1 aromatic rings. The highest BCUT2D eigenvalue weighted by molar-refractivity contribution is 7.80. The van der Waals surface area contributed by atoms with Crippen LogP contribution in [-0.4, -0.2) is 37.2 Å². The molecule has 0 unspecified atom stereocenters. The van der Waals surface area contributed by atoms with Crippen LogP contribution in [-0.2, 0) is 9.53 Å². The highest BCUT2D eigenvalue weighted by Crippen LogP contribution is 2.27. The van der Waals surface area contributed by atoms with E-state index >= 15 is 0 Å². The molecular formula is C18H25N3O3S. The number of para-hydroxylation sites is 1. The number of amides is 2. The molecule has 0 saturated heterocycles. The Hall–Kier alpha value is -1.99. The van der Waals surface area contributed by atoms with E-state index in [9.17, 15) is 9.59 Å². The van der Waals surface area contributed by atoms with Crippen molar-refractivity contribution in [3.63, 3.8) is 0 Å². The summed E-state index contributed by atoms with van der Waals surface area (Å²) in [6.07, 6.45) is 5.12. The fourth-order valence-electron chi connectivity index (χ4n) is 2.96. The van der Waals surface area contributed by atoms with Crippen LogP contribution >= 0.6 is 12.2 Å². The monoisotopic (exact) mass is 363 g/mol. The summed E-state index contributed by atoms with van der Waals surface area (Å²) in [6.45, 7) is 0.864. The summed E-state index contributed by atoms with van der Waals surface area (Å²) in [7, 11) is 1.58. The van der Waals surface area contributed by atoms with E-state index in [2.05, 4.69) is 16.0 Å². The summed E-state index contributed by atoms with van der Waals surface area (Å²) in [4.78, 5) is 24.3. The number of carbonyl (C=O) groups excluding carboxylic acids is 2. The molecule has 136 valence electrons. The van der Waals surface area contributed by atoms with Gasteiger partial charge >= 0.3 is 0 Å². The lowest BCUT2D eigenvalue weighted by molar-refractivity contribution is -0.120. The standard InChI is InChI=1S/C18H25N3O3S/c1-24-11-10-19-17(23)14-8-4-5-9-15(14)20-18(25)21-16(22)12-13-6-2-3-7-13/h4-5,8-9,13H,2-3,6-7,10-12H2,1H3,(H,19,23)(H2,20,21,22,25). The lowest BCUT2D eigenvalue weighted by atomic mass is 10.0. The van der Waals surface area contributed by atoms with E-state index in [1.54, 1.807) is 31.4 Å². The van der Waals surface area contributed by atoms with E-state index in [0.717, 1.165) is 12.8 Å². The van der Waals surface area contributed by atoms with Crippen molar-refractivity contribution in [2.45, 2.75) is 32.1 Å². The van der Waals surface area contributed by atoms with Gasteiger partial charge in [0.05, 0.1) is 17.9 Å². The molecule has 0 atom stereocenters. The second kappa shape index (κ2) is 10.1. The first-order chi connectivity index (χ1) is 12.1. The SMILES string of the molecule is COCCNC(=O)c1ccccc1NC(=S)NC(=O)CC1CCCC1. The largest absolute Gasteiger partial charge is 0.383 e. The molecule has 2 rings (SSSR count). The fraction of sp³-hybridized carbons (Fsp3) is 0.500. The van der Waals surface area contributed by atoms with Crippen LogP contribution in [0.2, 0.25) is 0 Å². The van der Waals surface area contributed by atoms with Crippen LogP contribution in [0.15, 0.2) is 24.3 Å². The molecule has 1 aromatic carbocycles. The number of carbonyl (C=O) groups is 2. The van der Waals surface area contributed by atoms with Gasteiger partial charge in [-0.25, -0.2) is 0 Å². The summed E-state index contributed by atoms with van der Waals surface area (Å²) >= 11 is 5.21. The minimum absolute atomic E-state index is 0.0774. The van der Waals surface area contributed by atoms with Crippen molar-refractivity contribution in [1.82, 2.24) is 10.6 Å². The van der Waals surface area contributed by atoms with Gasteiger partial charge < -0.3 is 20.7 Å². The zero-order valence-electron chi connectivity index (χ0n) is 14.5. The van der Waals surface area contributed by atoms with Gasteiger partial charge in [-0.1, -0.05) is 25.0 Å². The van der Waals surface area contributed by atoms with E-state index in [-0.39, 0.29) is 16.9 Å². The molecule has 0 aromatic heterocycles. The highest BCUT2D eigenvalue weighted by atomic mass is 32.1. The number of anilines is 1. The molecule has 1 aliphatic carbocycles. The summed E-state index contributed by atoms with van der Waals surface area (Å²) in [6, 6.07) is 7.03. The smallest absolute Gasteiger partial charge is 0.253 e. The van der Waals surface area contributed by atoms with E-state index in [4.69, 9.17) is 17.0 Å². The summed E-state index contributed by atoms with van der Waals surface area (Å²) in [5, 5.41) is 8.62. The highest BCUT2D eigenvalue weighted by Gasteiger charge is 2.19. The van der Waals surface area contributed by atoms with Gasteiger partial charge in [-0.05, 0) is 43.1 Å². The fourth-order valence-corrected chi connectivity index (χ4v) is 3.18. The summed E-state index contributed by atoms with van der Waals surface area (Å²) < 4.78 is 4.92. The zero-order chi connectivity index (χ0) is 18.1. The Morgan fingerprint density at radius 1 is 1.24 bits per heavy atom. The van der Waals surface area contributed by atoms with Crippen LogP contribution < -0.4 is 16.0 Å². The number of hydrogen-bond donors (Lipinski definition) is 3. The second-order valence-electron chi connectivity index (χ2n) is 6.15. The summed E-state index contributed by atoms with van der Waals surface area (Å²) in [5.41, 5.74) is 1.02. The van der Waals surface area contributed by atoms with Gasteiger partial charge in [0.2, 0.25) is 5.91 Å². The molecule has 1 aliphatic rings. The van der Waals surface area contributed by atoms with Crippen molar-refractivity contribution < 1.29 is 14.3 Å². The van der Waals surface area contributed by atoms with Gasteiger partial charge in [-0.15, -0.1) is 0 Å². The van der Waals surface area contributed by atoms with Crippen LogP contribution in [0.3, 0.4) is 0 Å². The molecule has 3 N–H and O–H groups in total. The molecule has 7 heteroatoms. The molecular weight excluding hydrogens is 338 g/mol. The Labute approximate surface area is 153 Å². The first-order valence-electron chi connectivity index (χ1n) is 8.57. The molecule has 0 radical (unpaired) electrons. The van der Waals surface area contributed by atoms with E-state index in [1.165, 1.54) is 12.8 Å². The van der Waals surface area contributed by atoms with Gasteiger partial charge in [0.25, 0.3) is 5.91 Å². The normalized spacial score (nSPS) is 14.1.